The minimum Gasteiger partial charge on any atom is -0.480 e. The molecular formula is C17H18N2O2S. The third-order valence-corrected chi connectivity index (χ3v) is 5.02. The van der Waals surface area contributed by atoms with Gasteiger partial charge in [0.15, 0.2) is 5.16 Å². The quantitative estimate of drug-likeness (QED) is 0.690. The van der Waals surface area contributed by atoms with Crippen molar-refractivity contribution in [3.63, 3.8) is 0 Å². The number of aliphatic carboxylic acids is 1. The van der Waals surface area contributed by atoms with Gasteiger partial charge < -0.3 is 5.11 Å². The van der Waals surface area contributed by atoms with E-state index in [0.29, 0.717) is 5.16 Å². The number of carboxylic acid groups (broad SMARTS) is 1. The molecular weight excluding hydrogens is 296 g/mol. The highest BCUT2D eigenvalue weighted by Crippen LogP contribution is 2.35. The van der Waals surface area contributed by atoms with Crippen LogP contribution in [-0.4, -0.2) is 21.0 Å². The van der Waals surface area contributed by atoms with Crippen LogP contribution in [0.15, 0.2) is 35.5 Å². The second-order valence-electron chi connectivity index (χ2n) is 5.47. The fourth-order valence-corrected chi connectivity index (χ4v) is 3.76. The van der Waals surface area contributed by atoms with Crippen LogP contribution in [-0.2, 0) is 17.6 Å². The minimum atomic E-state index is -0.866. The standard InChI is InChI=1S/C17H18N2O2S/c1-11-13-9-5-6-10-14(13)19-17(18-11)22-15(16(20)21)12-7-3-2-4-8-12/h2-4,7-8,15H,5-6,9-10H2,1H3,(H,20,21). The van der Waals surface area contributed by atoms with E-state index in [-0.39, 0.29) is 0 Å². The van der Waals surface area contributed by atoms with E-state index in [2.05, 4.69) is 9.97 Å². The van der Waals surface area contributed by atoms with Crippen LogP contribution in [0.25, 0.3) is 0 Å². The maximum absolute atomic E-state index is 11.6. The maximum Gasteiger partial charge on any atom is 0.321 e. The summed E-state index contributed by atoms with van der Waals surface area (Å²) in [6.45, 7) is 1.99. The van der Waals surface area contributed by atoms with E-state index >= 15 is 0 Å². The molecule has 0 fully saturated rings. The predicted molar refractivity (Wildman–Crippen MR) is 86.1 cm³/mol. The zero-order valence-electron chi connectivity index (χ0n) is 12.5. The fourth-order valence-electron chi connectivity index (χ4n) is 2.80. The first-order chi connectivity index (χ1) is 10.6. The van der Waals surface area contributed by atoms with Crippen molar-refractivity contribution in [3.05, 3.63) is 52.8 Å². The van der Waals surface area contributed by atoms with Crippen LogP contribution in [0.4, 0.5) is 0 Å². The van der Waals surface area contributed by atoms with Gasteiger partial charge >= 0.3 is 5.97 Å². The van der Waals surface area contributed by atoms with Crippen LogP contribution in [0.2, 0.25) is 0 Å². The number of nitrogens with zero attached hydrogens (tertiary/aromatic N) is 2. The Morgan fingerprint density at radius 3 is 2.64 bits per heavy atom. The van der Waals surface area contributed by atoms with E-state index in [1.807, 2.05) is 37.3 Å². The molecule has 4 nitrogen and oxygen atoms in total. The number of carbonyl (C=O) groups is 1. The van der Waals surface area contributed by atoms with Gasteiger partial charge in [-0.25, -0.2) is 9.97 Å². The topological polar surface area (TPSA) is 63.1 Å². The molecule has 5 heteroatoms. The van der Waals surface area contributed by atoms with Crippen molar-refractivity contribution < 1.29 is 9.90 Å². The average Bonchev–Trinajstić information content (AvgIpc) is 2.53. The predicted octanol–water partition coefficient (Wildman–Crippen LogP) is 3.58. The summed E-state index contributed by atoms with van der Waals surface area (Å²) in [4.78, 5) is 20.7. The maximum atomic E-state index is 11.6. The number of carboxylic acids is 1. The molecule has 1 aliphatic rings. The Bertz CT molecular complexity index is 689. The summed E-state index contributed by atoms with van der Waals surface area (Å²) in [7, 11) is 0. The van der Waals surface area contributed by atoms with Gasteiger partial charge in [-0.3, -0.25) is 4.79 Å². The number of aryl methyl sites for hydroxylation is 2. The molecule has 0 saturated heterocycles. The van der Waals surface area contributed by atoms with Gasteiger partial charge in [-0.1, -0.05) is 42.1 Å². The number of aromatic nitrogens is 2. The monoisotopic (exact) mass is 314 g/mol. The Hall–Kier alpha value is -1.88. The zero-order chi connectivity index (χ0) is 15.5. The van der Waals surface area contributed by atoms with Crippen molar-refractivity contribution in [2.24, 2.45) is 0 Å². The summed E-state index contributed by atoms with van der Waals surface area (Å²) in [5.74, 6) is -0.866. The van der Waals surface area contributed by atoms with Crippen LogP contribution < -0.4 is 0 Å². The largest absolute Gasteiger partial charge is 0.480 e. The fraction of sp³-hybridized carbons (Fsp3) is 0.353. The molecule has 0 radical (unpaired) electrons. The van der Waals surface area contributed by atoms with Crippen LogP contribution in [0.1, 0.15) is 40.6 Å². The summed E-state index contributed by atoms with van der Waals surface area (Å²) >= 11 is 1.22. The Balaban J connectivity index is 1.90. The molecule has 22 heavy (non-hydrogen) atoms. The molecule has 1 aliphatic carbocycles. The highest BCUT2D eigenvalue weighted by atomic mass is 32.2. The molecule has 2 aromatic rings. The Morgan fingerprint density at radius 2 is 1.91 bits per heavy atom. The molecule has 0 spiro atoms. The highest BCUT2D eigenvalue weighted by Gasteiger charge is 2.24. The number of thioether (sulfide) groups is 1. The third kappa shape index (κ3) is 3.14. The second kappa shape index (κ2) is 6.48. The van der Waals surface area contributed by atoms with Crippen molar-refractivity contribution >= 4 is 17.7 Å². The van der Waals surface area contributed by atoms with Gasteiger partial charge in [0.2, 0.25) is 0 Å². The molecule has 0 aliphatic heterocycles. The van der Waals surface area contributed by atoms with Gasteiger partial charge in [-0.05, 0) is 43.7 Å². The summed E-state index contributed by atoms with van der Waals surface area (Å²) in [5.41, 5.74) is 4.10. The SMILES string of the molecule is Cc1nc(SC(C(=O)O)c2ccccc2)nc2c1CCCC2. The number of rotatable bonds is 4. The highest BCUT2D eigenvalue weighted by molar-refractivity contribution is 8.00. The van der Waals surface area contributed by atoms with E-state index < -0.39 is 11.2 Å². The molecule has 1 heterocycles. The smallest absolute Gasteiger partial charge is 0.321 e. The summed E-state index contributed by atoms with van der Waals surface area (Å²) in [5, 5.41) is 9.41. The van der Waals surface area contributed by atoms with Crippen LogP contribution >= 0.6 is 11.8 Å². The van der Waals surface area contributed by atoms with Crippen molar-refractivity contribution in [1.82, 2.24) is 9.97 Å². The summed E-state index contributed by atoms with van der Waals surface area (Å²) in [6, 6.07) is 9.25. The van der Waals surface area contributed by atoms with Gasteiger partial charge in [-0.15, -0.1) is 0 Å². The van der Waals surface area contributed by atoms with Crippen LogP contribution in [0.5, 0.6) is 0 Å². The van der Waals surface area contributed by atoms with E-state index in [0.717, 1.165) is 36.2 Å². The number of hydrogen-bond acceptors (Lipinski definition) is 4. The molecule has 0 bridgehead atoms. The molecule has 3 rings (SSSR count). The number of fused-ring (bicyclic) bond motifs is 1. The molecule has 1 N–H and O–H groups in total. The lowest BCUT2D eigenvalue weighted by atomic mass is 9.95. The third-order valence-electron chi connectivity index (χ3n) is 3.92. The van der Waals surface area contributed by atoms with E-state index in [9.17, 15) is 9.90 Å². The molecule has 1 aromatic heterocycles. The van der Waals surface area contributed by atoms with Crippen molar-refractivity contribution in [1.29, 1.82) is 0 Å². The Morgan fingerprint density at radius 1 is 1.18 bits per heavy atom. The van der Waals surface area contributed by atoms with Gasteiger partial charge in [0.25, 0.3) is 0 Å². The van der Waals surface area contributed by atoms with Crippen molar-refractivity contribution in [3.8, 4) is 0 Å². The number of hydrogen-bond donors (Lipinski definition) is 1. The van der Waals surface area contributed by atoms with Crippen molar-refractivity contribution in [2.75, 3.05) is 0 Å². The lowest BCUT2D eigenvalue weighted by molar-refractivity contribution is -0.136. The average molecular weight is 314 g/mol. The molecule has 1 unspecified atom stereocenters. The second-order valence-corrected chi connectivity index (χ2v) is 6.54. The summed E-state index contributed by atoms with van der Waals surface area (Å²) < 4.78 is 0. The van der Waals surface area contributed by atoms with E-state index in [1.165, 1.54) is 23.7 Å². The van der Waals surface area contributed by atoms with Gasteiger partial charge in [-0.2, -0.15) is 0 Å². The molecule has 0 saturated carbocycles. The molecule has 1 aromatic carbocycles. The van der Waals surface area contributed by atoms with Gasteiger partial charge in [0.1, 0.15) is 5.25 Å². The summed E-state index contributed by atoms with van der Waals surface area (Å²) in [6.07, 6.45) is 4.34. The lowest BCUT2D eigenvalue weighted by Crippen LogP contribution is -2.12. The van der Waals surface area contributed by atoms with E-state index in [1.54, 1.807) is 0 Å². The van der Waals surface area contributed by atoms with Gasteiger partial charge in [0, 0.05) is 11.4 Å². The Kier molecular flexibility index (Phi) is 4.43. The van der Waals surface area contributed by atoms with Gasteiger partial charge in [0.05, 0.1) is 0 Å². The molecule has 0 amide bonds. The first-order valence-corrected chi connectivity index (χ1v) is 8.34. The normalized spacial score (nSPS) is 15.1. The molecule has 1 atom stereocenters. The van der Waals surface area contributed by atoms with Crippen LogP contribution in [0.3, 0.4) is 0 Å². The van der Waals surface area contributed by atoms with Crippen molar-refractivity contribution in [2.45, 2.75) is 43.0 Å². The first-order valence-electron chi connectivity index (χ1n) is 7.46. The number of benzene rings is 1. The molecule has 114 valence electrons. The first kappa shape index (κ1) is 15.0. The minimum absolute atomic E-state index is 0.564. The Labute approximate surface area is 134 Å². The lowest BCUT2D eigenvalue weighted by Gasteiger charge is -2.18. The van der Waals surface area contributed by atoms with Crippen LogP contribution in [0, 0.1) is 6.92 Å². The zero-order valence-corrected chi connectivity index (χ0v) is 13.3. The van der Waals surface area contributed by atoms with E-state index in [4.69, 9.17) is 0 Å².